The highest BCUT2D eigenvalue weighted by atomic mass is 16.2. The topological polar surface area (TPSA) is 102 Å². The third-order valence-corrected chi connectivity index (χ3v) is 5.44. The highest BCUT2D eigenvalue weighted by molar-refractivity contribution is 5.81. The minimum absolute atomic E-state index is 0.103. The quantitative estimate of drug-likeness (QED) is 0.789. The number of benzene rings is 1. The molecule has 2 amide bonds. The van der Waals surface area contributed by atoms with Crippen LogP contribution in [0.25, 0.3) is 11.4 Å². The van der Waals surface area contributed by atoms with Crippen molar-refractivity contribution < 1.29 is 9.59 Å². The fraction of sp³-hybridized carbons (Fsp3) is 0.500. The minimum Gasteiger partial charge on any atom is -0.273 e. The molecule has 0 unspecified atom stereocenters. The summed E-state index contributed by atoms with van der Waals surface area (Å²) in [4.78, 5) is 25.2. The van der Waals surface area contributed by atoms with Gasteiger partial charge in [0.2, 0.25) is 11.7 Å². The number of amides is 2. The molecule has 2 saturated carbocycles. The van der Waals surface area contributed by atoms with Gasteiger partial charge in [0.05, 0.1) is 0 Å². The van der Waals surface area contributed by atoms with Crippen LogP contribution in [0.1, 0.15) is 32.1 Å². The first-order valence-electron chi connectivity index (χ1n) is 9.08. The van der Waals surface area contributed by atoms with Gasteiger partial charge in [0.15, 0.2) is 0 Å². The lowest BCUT2D eigenvalue weighted by Gasteiger charge is -2.20. The molecule has 1 aromatic heterocycles. The number of nitrogens with one attached hydrogen (secondary N) is 2. The van der Waals surface area contributed by atoms with Crippen molar-refractivity contribution >= 4 is 11.8 Å². The third kappa shape index (κ3) is 3.74. The van der Waals surface area contributed by atoms with Gasteiger partial charge in [0.25, 0.3) is 5.91 Å². The number of hydrogen-bond acceptors (Lipinski definition) is 5. The molecule has 2 aliphatic carbocycles. The Hall–Kier alpha value is -2.77. The molecular weight excluding hydrogens is 332 g/mol. The molecule has 8 heteroatoms. The summed E-state index contributed by atoms with van der Waals surface area (Å²) in [5.41, 5.74) is 5.76. The average Bonchev–Trinajstić information content (AvgIpc) is 3.38. The van der Waals surface area contributed by atoms with Crippen molar-refractivity contribution in [1.29, 1.82) is 0 Å². The molecule has 0 radical (unpaired) electrons. The number of aromatic nitrogens is 4. The van der Waals surface area contributed by atoms with Crippen LogP contribution in [0.15, 0.2) is 30.3 Å². The van der Waals surface area contributed by atoms with Crippen molar-refractivity contribution in [2.45, 2.75) is 38.6 Å². The predicted molar refractivity (Wildman–Crippen MR) is 93.1 cm³/mol. The number of tetrazole rings is 1. The monoisotopic (exact) mass is 354 g/mol. The molecular formula is C18H22N6O2. The number of rotatable bonds is 5. The minimum atomic E-state index is -0.386. The summed E-state index contributed by atoms with van der Waals surface area (Å²) in [7, 11) is 0. The summed E-state index contributed by atoms with van der Waals surface area (Å²) in [6, 6.07) is 9.41. The Morgan fingerprint density at radius 2 is 1.88 bits per heavy atom. The van der Waals surface area contributed by atoms with Crippen molar-refractivity contribution in [3.05, 3.63) is 30.3 Å². The Bertz CT molecular complexity index is 790. The van der Waals surface area contributed by atoms with Crippen molar-refractivity contribution in [3.63, 3.8) is 0 Å². The Morgan fingerprint density at radius 3 is 2.62 bits per heavy atom. The van der Waals surface area contributed by atoms with Gasteiger partial charge in [0.1, 0.15) is 6.54 Å². The fourth-order valence-corrected chi connectivity index (χ4v) is 4.24. The lowest BCUT2D eigenvalue weighted by Crippen LogP contribution is -2.44. The van der Waals surface area contributed by atoms with Gasteiger partial charge in [-0.3, -0.25) is 20.4 Å². The summed E-state index contributed by atoms with van der Waals surface area (Å²) < 4.78 is 0. The molecule has 0 aliphatic heterocycles. The van der Waals surface area contributed by atoms with Crippen LogP contribution in [0.3, 0.4) is 0 Å². The largest absolute Gasteiger partial charge is 0.273 e. The Morgan fingerprint density at radius 1 is 1.08 bits per heavy atom. The Labute approximate surface area is 151 Å². The fourth-order valence-electron chi connectivity index (χ4n) is 4.24. The smallest absolute Gasteiger partial charge is 0.262 e. The number of carbonyl (C=O) groups excluding carboxylic acids is 2. The lowest BCUT2D eigenvalue weighted by atomic mass is 9.86. The molecule has 2 aliphatic rings. The number of carbonyl (C=O) groups is 2. The molecule has 2 bridgehead atoms. The van der Waals surface area contributed by atoms with Crippen LogP contribution >= 0.6 is 0 Å². The van der Waals surface area contributed by atoms with Crippen LogP contribution in [0, 0.1) is 17.8 Å². The second kappa shape index (κ2) is 7.23. The first-order chi connectivity index (χ1) is 12.7. The van der Waals surface area contributed by atoms with E-state index in [-0.39, 0.29) is 18.4 Å². The first kappa shape index (κ1) is 16.7. The summed E-state index contributed by atoms with van der Waals surface area (Å²) in [6.07, 6.45) is 5.47. The summed E-state index contributed by atoms with van der Waals surface area (Å²) in [5.74, 6) is 1.91. The van der Waals surface area contributed by atoms with E-state index in [9.17, 15) is 9.59 Å². The summed E-state index contributed by atoms with van der Waals surface area (Å²) >= 11 is 0. The van der Waals surface area contributed by atoms with E-state index in [4.69, 9.17) is 0 Å². The molecule has 2 aromatic rings. The second-order valence-corrected chi connectivity index (χ2v) is 7.24. The van der Waals surface area contributed by atoms with E-state index in [2.05, 4.69) is 26.3 Å². The molecule has 136 valence electrons. The van der Waals surface area contributed by atoms with Crippen LogP contribution in [-0.2, 0) is 16.1 Å². The Kier molecular flexibility index (Phi) is 4.64. The van der Waals surface area contributed by atoms with Crippen LogP contribution in [0.4, 0.5) is 0 Å². The predicted octanol–water partition coefficient (Wildman–Crippen LogP) is 1.31. The van der Waals surface area contributed by atoms with Gasteiger partial charge in [-0.1, -0.05) is 36.8 Å². The third-order valence-electron chi connectivity index (χ3n) is 5.44. The van der Waals surface area contributed by atoms with E-state index < -0.39 is 0 Å². The number of fused-ring (bicyclic) bond motifs is 2. The van der Waals surface area contributed by atoms with E-state index in [0.29, 0.717) is 24.1 Å². The summed E-state index contributed by atoms with van der Waals surface area (Å²) in [5, 5.41) is 12.0. The standard InChI is InChI=1S/C18H22N6O2/c25-16(10-15-9-12-6-7-14(15)8-12)19-20-17(26)11-24-22-18(21-23-24)13-4-2-1-3-5-13/h1-5,12,14-15H,6-11H2,(H,19,25)(H,20,26)/t12-,14+,15+/m0/s1. The normalized spacial score (nSPS) is 23.8. The maximum absolute atomic E-state index is 12.0. The summed E-state index contributed by atoms with van der Waals surface area (Å²) in [6.45, 7) is -0.103. The lowest BCUT2D eigenvalue weighted by molar-refractivity contribution is -0.130. The van der Waals surface area contributed by atoms with Gasteiger partial charge in [-0.15, -0.1) is 10.2 Å². The average molecular weight is 354 g/mol. The molecule has 26 heavy (non-hydrogen) atoms. The van der Waals surface area contributed by atoms with Crippen LogP contribution in [-0.4, -0.2) is 32.0 Å². The van der Waals surface area contributed by atoms with Crippen LogP contribution in [0.5, 0.6) is 0 Å². The van der Waals surface area contributed by atoms with Crippen LogP contribution < -0.4 is 10.9 Å². The molecule has 3 atom stereocenters. The number of hydrazine groups is 1. The van der Waals surface area contributed by atoms with E-state index in [1.165, 1.54) is 24.1 Å². The number of nitrogens with zero attached hydrogens (tertiary/aromatic N) is 4. The molecule has 8 nitrogen and oxygen atoms in total. The van der Waals surface area contributed by atoms with E-state index in [1.54, 1.807) is 0 Å². The van der Waals surface area contributed by atoms with Gasteiger partial charge < -0.3 is 0 Å². The Balaban J connectivity index is 1.23. The highest BCUT2D eigenvalue weighted by Gasteiger charge is 2.40. The molecule has 0 saturated heterocycles. The molecule has 4 rings (SSSR count). The van der Waals surface area contributed by atoms with Crippen LogP contribution in [0.2, 0.25) is 0 Å². The molecule has 2 N–H and O–H groups in total. The van der Waals surface area contributed by atoms with E-state index in [1.807, 2.05) is 30.3 Å². The SMILES string of the molecule is O=C(C[C@H]1C[C@H]2CC[C@@H]1C2)NNC(=O)Cn1nnc(-c2ccccc2)n1. The molecule has 0 spiro atoms. The van der Waals surface area contributed by atoms with Gasteiger partial charge in [-0.05, 0) is 42.2 Å². The van der Waals surface area contributed by atoms with Crippen molar-refractivity contribution in [1.82, 2.24) is 31.1 Å². The zero-order valence-corrected chi connectivity index (χ0v) is 14.5. The first-order valence-corrected chi connectivity index (χ1v) is 9.08. The second-order valence-electron chi connectivity index (χ2n) is 7.24. The van der Waals surface area contributed by atoms with Crippen molar-refractivity contribution in [3.8, 4) is 11.4 Å². The molecule has 1 heterocycles. The molecule has 1 aromatic carbocycles. The van der Waals surface area contributed by atoms with E-state index in [0.717, 1.165) is 17.9 Å². The van der Waals surface area contributed by atoms with Gasteiger partial charge in [-0.25, -0.2) is 0 Å². The highest BCUT2D eigenvalue weighted by Crippen LogP contribution is 2.49. The zero-order chi connectivity index (χ0) is 17.9. The van der Waals surface area contributed by atoms with Crippen molar-refractivity contribution in [2.24, 2.45) is 17.8 Å². The van der Waals surface area contributed by atoms with Crippen molar-refractivity contribution in [2.75, 3.05) is 0 Å². The maximum Gasteiger partial charge on any atom is 0.262 e. The maximum atomic E-state index is 12.0. The zero-order valence-electron chi connectivity index (χ0n) is 14.5. The van der Waals surface area contributed by atoms with E-state index >= 15 is 0 Å². The molecule has 2 fully saturated rings. The number of hydrogen-bond donors (Lipinski definition) is 2. The van der Waals surface area contributed by atoms with Gasteiger partial charge >= 0.3 is 0 Å². The van der Waals surface area contributed by atoms with Gasteiger partial charge in [-0.2, -0.15) is 4.80 Å². The van der Waals surface area contributed by atoms with Gasteiger partial charge in [0, 0.05) is 12.0 Å².